The van der Waals surface area contributed by atoms with Gasteiger partial charge in [-0.15, -0.1) is 29.8 Å². The fourth-order valence-electron chi connectivity index (χ4n) is 4.01. The van der Waals surface area contributed by atoms with Crippen molar-refractivity contribution in [3.63, 3.8) is 0 Å². The van der Waals surface area contributed by atoms with Gasteiger partial charge in [0.1, 0.15) is 10.2 Å². The molecule has 1 N–H and O–H groups in total. The van der Waals surface area contributed by atoms with E-state index in [1.807, 2.05) is 0 Å². The van der Waals surface area contributed by atoms with Gasteiger partial charge in [0, 0.05) is 33.9 Å². The second-order valence-electron chi connectivity index (χ2n) is 8.20. The van der Waals surface area contributed by atoms with E-state index in [1.165, 1.54) is 47.4 Å². The highest BCUT2D eigenvalue weighted by Gasteiger charge is 2.67. The Kier molecular flexibility index (Phi) is 7.89. The van der Waals surface area contributed by atoms with Gasteiger partial charge in [-0.05, 0) is 66.2 Å². The summed E-state index contributed by atoms with van der Waals surface area (Å²) in [6, 6.07) is 14.9. The summed E-state index contributed by atoms with van der Waals surface area (Å²) in [5.41, 5.74) is 1.56. The Bertz CT molecular complexity index is 1330. The molecule has 0 bridgehead atoms. The van der Waals surface area contributed by atoms with Crippen LogP contribution in [-0.2, 0) is 4.79 Å². The summed E-state index contributed by atoms with van der Waals surface area (Å²) in [5, 5.41) is 3.74. The molecule has 36 heavy (non-hydrogen) atoms. The van der Waals surface area contributed by atoms with E-state index in [2.05, 4.69) is 11.9 Å². The van der Waals surface area contributed by atoms with Gasteiger partial charge < -0.3 is 10.2 Å². The van der Waals surface area contributed by atoms with E-state index < -0.39 is 33.8 Å². The largest absolute Gasteiger partial charge is 0.326 e. The number of hydrogen-bond acceptors (Lipinski definition) is 2. The monoisotopic (exact) mass is 584 g/mol. The number of benzene rings is 3. The van der Waals surface area contributed by atoms with Crippen molar-refractivity contribution < 1.29 is 14.0 Å². The molecule has 1 aliphatic carbocycles. The van der Waals surface area contributed by atoms with Crippen molar-refractivity contribution in [1.82, 2.24) is 0 Å². The SMILES string of the molecule is C=CCN(C(=O)c1cc(NC(=O)C2C(c3cc(Cl)cc(Cl)c3)C2(Cl)Cl)ccc1Cl)c1ccc(F)cc1. The third kappa shape index (κ3) is 5.51. The van der Waals surface area contributed by atoms with Crippen molar-refractivity contribution in [2.75, 3.05) is 16.8 Å². The van der Waals surface area contributed by atoms with Gasteiger partial charge in [-0.1, -0.05) is 40.9 Å². The van der Waals surface area contributed by atoms with Crippen LogP contribution in [-0.4, -0.2) is 22.7 Å². The molecule has 4 nitrogen and oxygen atoms in total. The molecule has 0 aromatic heterocycles. The number of nitrogens with one attached hydrogen (secondary N) is 1. The van der Waals surface area contributed by atoms with Crippen LogP contribution in [0.25, 0.3) is 0 Å². The van der Waals surface area contributed by atoms with E-state index in [0.717, 1.165) is 0 Å². The Morgan fingerprint density at radius 3 is 2.25 bits per heavy atom. The van der Waals surface area contributed by atoms with Crippen molar-refractivity contribution in [1.29, 1.82) is 0 Å². The molecule has 0 heterocycles. The number of nitrogens with zero attached hydrogens (tertiary/aromatic N) is 1. The molecule has 4 rings (SSSR count). The Morgan fingerprint density at radius 2 is 1.64 bits per heavy atom. The minimum atomic E-state index is -1.35. The molecule has 0 radical (unpaired) electrons. The minimum absolute atomic E-state index is 0.137. The zero-order valence-electron chi connectivity index (χ0n) is 18.5. The first-order valence-corrected chi connectivity index (χ1v) is 12.5. The van der Waals surface area contributed by atoms with Gasteiger partial charge >= 0.3 is 0 Å². The van der Waals surface area contributed by atoms with Crippen LogP contribution in [0.15, 0.2) is 73.3 Å². The highest BCUT2D eigenvalue weighted by Crippen LogP contribution is 2.65. The van der Waals surface area contributed by atoms with Gasteiger partial charge in [0.05, 0.1) is 16.5 Å². The summed E-state index contributed by atoms with van der Waals surface area (Å²) in [7, 11) is 0. The second kappa shape index (κ2) is 10.6. The molecular weight excluding hydrogens is 569 g/mol. The lowest BCUT2D eigenvalue weighted by Crippen LogP contribution is -2.31. The molecule has 0 spiro atoms. The number of halogens is 6. The summed E-state index contributed by atoms with van der Waals surface area (Å²) in [5.74, 6) is -2.62. The van der Waals surface area contributed by atoms with Crippen LogP contribution < -0.4 is 10.2 Å². The molecule has 2 amide bonds. The summed E-state index contributed by atoms with van der Waals surface area (Å²) in [6.07, 6.45) is 1.54. The number of hydrogen-bond donors (Lipinski definition) is 1. The lowest BCUT2D eigenvalue weighted by Gasteiger charge is -2.22. The number of carbonyl (C=O) groups is 2. The lowest BCUT2D eigenvalue weighted by atomic mass is 10.1. The maximum atomic E-state index is 13.4. The third-order valence-corrected chi connectivity index (χ3v) is 7.45. The number of amides is 2. The molecule has 3 aromatic carbocycles. The normalized spacial score (nSPS) is 17.8. The maximum absolute atomic E-state index is 13.4. The van der Waals surface area contributed by atoms with E-state index in [1.54, 1.807) is 24.3 Å². The van der Waals surface area contributed by atoms with Crippen LogP contribution in [0.2, 0.25) is 15.1 Å². The van der Waals surface area contributed by atoms with Crippen LogP contribution in [0.5, 0.6) is 0 Å². The van der Waals surface area contributed by atoms with Crippen molar-refractivity contribution in [2.45, 2.75) is 10.3 Å². The van der Waals surface area contributed by atoms with Crippen molar-refractivity contribution in [2.24, 2.45) is 5.92 Å². The van der Waals surface area contributed by atoms with E-state index >= 15 is 0 Å². The molecule has 1 saturated carbocycles. The van der Waals surface area contributed by atoms with Gasteiger partial charge in [0.2, 0.25) is 5.91 Å². The molecule has 2 unspecified atom stereocenters. The van der Waals surface area contributed by atoms with Gasteiger partial charge in [-0.3, -0.25) is 9.59 Å². The van der Waals surface area contributed by atoms with Gasteiger partial charge in [0.15, 0.2) is 0 Å². The van der Waals surface area contributed by atoms with Crippen molar-refractivity contribution in [3.05, 3.63) is 105 Å². The van der Waals surface area contributed by atoms with E-state index in [-0.39, 0.29) is 17.1 Å². The van der Waals surface area contributed by atoms with Gasteiger partial charge in [-0.25, -0.2) is 4.39 Å². The smallest absolute Gasteiger partial charge is 0.260 e. The first kappa shape index (κ1) is 26.8. The van der Waals surface area contributed by atoms with Crippen LogP contribution in [0.4, 0.5) is 15.8 Å². The van der Waals surface area contributed by atoms with Crippen LogP contribution in [0.3, 0.4) is 0 Å². The number of carbonyl (C=O) groups excluding carboxylic acids is 2. The standard InChI is InChI=1S/C26H18Cl5FN2O2/c1-2-9-34(19-6-3-17(32)4-7-19)25(36)20-13-18(5-8-21(20)29)33-24(35)23-22(26(23,30)31)14-10-15(27)12-16(28)11-14/h2-8,10-13,22-23H,1,9H2,(H,33,35). The Labute approximate surface area is 232 Å². The summed E-state index contributed by atoms with van der Waals surface area (Å²) < 4.78 is 12.0. The molecule has 2 atom stereocenters. The topological polar surface area (TPSA) is 49.4 Å². The first-order valence-electron chi connectivity index (χ1n) is 10.7. The third-order valence-electron chi connectivity index (χ3n) is 5.74. The molecule has 10 heteroatoms. The maximum Gasteiger partial charge on any atom is 0.260 e. The molecule has 186 valence electrons. The van der Waals surface area contributed by atoms with Gasteiger partial charge in [-0.2, -0.15) is 0 Å². The highest BCUT2D eigenvalue weighted by molar-refractivity contribution is 6.53. The quantitative estimate of drug-likeness (QED) is 0.224. The fraction of sp³-hybridized carbons (Fsp3) is 0.154. The molecule has 0 saturated heterocycles. The number of anilines is 2. The first-order chi connectivity index (χ1) is 17.0. The number of rotatable bonds is 7. The van der Waals surface area contributed by atoms with Crippen molar-refractivity contribution in [3.8, 4) is 0 Å². The van der Waals surface area contributed by atoms with Crippen molar-refractivity contribution >= 4 is 81.2 Å². The predicted octanol–water partition coefficient (Wildman–Crippen LogP) is 8.14. The summed E-state index contributed by atoms with van der Waals surface area (Å²) >= 11 is 31.4. The number of alkyl halides is 2. The zero-order chi connectivity index (χ0) is 26.2. The molecule has 3 aromatic rings. The van der Waals surface area contributed by atoms with Crippen LogP contribution >= 0.6 is 58.0 Å². The lowest BCUT2D eigenvalue weighted by molar-refractivity contribution is -0.117. The predicted molar refractivity (Wildman–Crippen MR) is 145 cm³/mol. The second-order valence-corrected chi connectivity index (χ2v) is 10.9. The van der Waals surface area contributed by atoms with Crippen LogP contribution in [0, 0.1) is 11.7 Å². The van der Waals surface area contributed by atoms with E-state index in [0.29, 0.717) is 27.0 Å². The zero-order valence-corrected chi connectivity index (χ0v) is 22.2. The van der Waals surface area contributed by atoms with E-state index in [9.17, 15) is 14.0 Å². The molecule has 1 fully saturated rings. The minimum Gasteiger partial charge on any atom is -0.326 e. The van der Waals surface area contributed by atoms with E-state index in [4.69, 9.17) is 58.0 Å². The highest BCUT2D eigenvalue weighted by atomic mass is 35.5. The Morgan fingerprint density at radius 1 is 1.00 bits per heavy atom. The molecular formula is C26H18Cl5FN2O2. The van der Waals surface area contributed by atoms with Gasteiger partial charge in [0.25, 0.3) is 5.91 Å². The average molecular weight is 587 g/mol. The Hall–Kier alpha value is -2.28. The average Bonchev–Trinajstić information content (AvgIpc) is 3.40. The fourth-order valence-corrected chi connectivity index (χ4v) is 5.58. The van der Waals surface area contributed by atoms with Crippen LogP contribution in [0.1, 0.15) is 21.8 Å². The summed E-state index contributed by atoms with van der Waals surface area (Å²) in [6.45, 7) is 3.84. The molecule has 1 aliphatic rings. The summed E-state index contributed by atoms with van der Waals surface area (Å²) in [4.78, 5) is 27.8. The molecule has 0 aliphatic heterocycles. The Balaban J connectivity index is 1.57.